The third kappa shape index (κ3) is 6.59. The van der Waals surface area contributed by atoms with Crippen molar-refractivity contribution >= 4 is 40.8 Å². The predicted octanol–water partition coefficient (Wildman–Crippen LogP) is 3.00. The minimum atomic E-state index is -0.789. The minimum Gasteiger partial charge on any atom is -0.387 e. The number of benzene rings is 1. The number of allylic oxidation sites excluding steroid dienone is 1. The van der Waals surface area contributed by atoms with E-state index in [0.717, 1.165) is 0 Å². The van der Waals surface area contributed by atoms with Crippen LogP contribution in [0, 0.1) is 11.3 Å². The van der Waals surface area contributed by atoms with Crippen LogP contribution in [0.15, 0.2) is 35.5 Å². The highest BCUT2D eigenvalue weighted by Crippen LogP contribution is 2.14. The highest BCUT2D eigenvalue weighted by Gasteiger charge is 2.16. The molecule has 0 aliphatic heterocycles. The third-order valence-corrected chi connectivity index (χ3v) is 3.23. The molecule has 0 atom stereocenters. The molecule has 1 aromatic rings. The van der Waals surface area contributed by atoms with Gasteiger partial charge in [-0.15, -0.1) is 11.6 Å². The summed E-state index contributed by atoms with van der Waals surface area (Å²) in [4.78, 5) is 23.8. The third-order valence-electron chi connectivity index (χ3n) is 2.72. The van der Waals surface area contributed by atoms with E-state index in [1.165, 1.54) is 6.07 Å². The molecule has 0 radical (unpaired) electrons. The second kappa shape index (κ2) is 9.72. The molecule has 8 heteroatoms. The molecule has 0 fully saturated rings. The first-order valence-electron chi connectivity index (χ1n) is 6.76. The summed E-state index contributed by atoms with van der Waals surface area (Å²) in [5.41, 5.74) is 0.647. The molecule has 0 aromatic heterocycles. The number of imide groups is 1. The van der Waals surface area contributed by atoms with Crippen LogP contribution >= 0.6 is 23.2 Å². The smallest absolute Gasteiger partial charge is 0.326 e. The van der Waals surface area contributed by atoms with Crippen LogP contribution in [0.3, 0.4) is 0 Å². The zero-order valence-electron chi connectivity index (χ0n) is 12.5. The van der Waals surface area contributed by atoms with E-state index in [-0.39, 0.29) is 5.57 Å². The molecule has 0 aliphatic rings. The normalized spacial score (nSPS) is 11.0. The summed E-state index contributed by atoms with van der Waals surface area (Å²) in [7, 11) is 0. The van der Waals surface area contributed by atoms with E-state index >= 15 is 0 Å². The van der Waals surface area contributed by atoms with Gasteiger partial charge in [-0.05, 0) is 31.5 Å². The van der Waals surface area contributed by atoms with Crippen molar-refractivity contribution in [2.24, 2.45) is 0 Å². The Balaban J connectivity index is 2.67. The van der Waals surface area contributed by atoms with Gasteiger partial charge in [-0.1, -0.05) is 17.7 Å². The van der Waals surface area contributed by atoms with Gasteiger partial charge in [-0.25, -0.2) is 4.79 Å². The summed E-state index contributed by atoms with van der Waals surface area (Å²) in [5.74, 6) is -0.320. The molecule has 0 spiro atoms. The average molecular weight is 355 g/mol. The van der Waals surface area contributed by atoms with Gasteiger partial charge in [0.1, 0.15) is 11.6 Å². The Morgan fingerprint density at radius 3 is 2.70 bits per heavy atom. The van der Waals surface area contributed by atoms with Gasteiger partial charge in [-0.2, -0.15) is 5.26 Å². The van der Waals surface area contributed by atoms with Gasteiger partial charge in [0.2, 0.25) is 0 Å². The molecule has 23 heavy (non-hydrogen) atoms. The molecule has 0 unspecified atom stereocenters. The molecule has 3 N–H and O–H groups in total. The van der Waals surface area contributed by atoms with Gasteiger partial charge in [0, 0.05) is 28.8 Å². The summed E-state index contributed by atoms with van der Waals surface area (Å²) in [5, 5.41) is 17.0. The number of carbonyl (C=O) groups excluding carboxylic acids is 2. The first-order chi connectivity index (χ1) is 11.0. The number of carbonyl (C=O) groups is 2. The van der Waals surface area contributed by atoms with Crippen LogP contribution in [0.25, 0.3) is 0 Å². The predicted molar refractivity (Wildman–Crippen MR) is 90.3 cm³/mol. The fourth-order valence-corrected chi connectivity index (χ4v) is 1.95. The van der Waals surface area contributed by atoms with Crippen molar-refractivity contribution in [1.29, 1.82) is 5.26 Å². The molecule has 3 amide bonds. The molecule has 1 rings (SSSR count). The molecule has 1 aromatic carbocycles. The van der Waals surface area contributed by atoms with Gasteiger partial charge >= 0.3 is 6.03 Å². The molecule has 6 nitrogen and oxygen atoms in total. The Hall–Kier alpha value is -2.23. The topological polar surface area (TPSA) is 94.0 Å². The summed E-state index contributed by atoms with van der Waals surface area (Å²) in [6, 6.07) is 7.49. The van der Waals surface area contributed by atoms with Crippen LogP contribution in [0.5, 0.6) is 0 Å². The lowest BCUT2D eigenvalue weighted by atomic mass is 10.2. The average Bonchev–Trinajstić information content (AvgIpc) is 2.48. The number of nitrogens with zero attached hydrogens (tertiary/aromatic N) is 1. The number of nitriles is 1. The van der Waals surface area contributed by atoms with E-state index in [4.69, 9.17) is 28.5 Å². The van der Waals surface area contributed by atoms with Crippen molar-refractivity contribution in [3.8, 4) is 6.07 Å². The quantitative estimate of drug-likeness (QED) is 0.316. The first-order valence-corrected chi connectivity index (χ1v) is 7.68. The standard InChI is InChI=1S/C15H16Cl2N4O2/c1-10(19-7-3-6-16)13(9-18)14(22)21-15(23)20-12-5-2-4-11(17)8-12/h2,4-5,8,19H,3,6-7H2,1H3,(H2,20,21,22,23)/b13-10-. The monoisotopic (exact) mass is 354 g/mol. The number of amides is 3. The van der Waals surface area contributed by atoms with Crippen LogP contribution in [0.4, 0.5) is 10.5 Å². The molecular formula is C15H16Cl2N4O2. The number of halogens is 2. The van der Waals surface area contributed by atoms with Gasteiger partial charge in [0.25, 0.3) is 5.91 Å². The number of nitrogens with one attached hydrogen (secondary N) is 3. The van der Waals surface area contributed by atoms with Gasteiger partial charge in [0.05, 0.1) is 0 Å². The van der Waals surface area contributed by atoms with E-state index in [9.17, 15) is 9.59 Å². The molecule has 0 saturated carbocycles. The van der Waals surface area contributed by atoms with Gasteiger partial charge < -0.3 is 10.6 Å². The number of rotatable bonds is 6. The Labute approximate surface area is 144 Å². The molecule has 0 saturated heterocycles. The van der Waals surface area contributed by atoms with E-state index in [1.807, 2.05) is 0 Å². The van der Waals surface area contributed by atoms with Crippen LogP contribution in [0.1, 0.15) is 13.3 Å². The summed E-state index contributed by atoms with van der Waals surface area (Å²) in [6.07, 6.45) is 0.689. The second-order valence-electron chi connectivity index (χ2n) is 4.50. The lowest BCUT2D eigenvalue weighted by Gasteiger charge is -2.09. The number of alkyl halides is 1. The molecule has 122 valence electrons. The maximum atomic E-state index is 12.0. The van der Waals surface area contributed by atoms with E-state index < -0.39 is 11.9 Å². The van der Waals surface area contributed by atoms with Crippen molar-refractivity contribution in [3.63, 3.8) is 0 Å². The molecule has 0 bridgehead atoms. The summed E-state index contributed by atoms with van der Waals surface area (Å²) < 4.78 is 0. The highest BCUT2D eigenvalue weighted by molar-refractivity contribution is 6.30. The number of anilines is 1. The Bertz CT molecular complexity index is 653. The van der Waals surface area contributed by atoms with E-state index in [2.05, 4.69) is 16.0 Å². The van der Waals surface area contributed by atoms with Crippen molar-refractivity contribution in [3.05, 3.63) is 40.6 Å². The zero-order valence-corrected chi connectivity index (χ0v) is 14.0. The summed E-state index contributed by atoms with van der Waals surface area (Å²) in [6.45, 7) is 2.11. The SMILES string of the molecule is C/C(NCCCCl)=C(\C#N)C(=O)NC(=O)Nc1cccc(Cl)c1. The van der Waals surface area contributed by atoms with Gasteiger partial charge in [0.15, 0.2) is 0 Å². The summed E-state index contributed by atoms with van der Waals surface area (Å²) >= 11 is 11.4. The van der Waals surface area contributed by atoms with Crippen molar-refractivity contribution < 1.29 is 9.59 Å². The molecule has 0 heterocycles. The van der Waals surface area contributed by atoms with Crippen LogP contribution in [-0.4, -0.2) is 24.4 Å². The lowest BCUT2D eigenvalue weighted by molar-refractivity contribution is -0.116. The van der Waals surface area contributed by atoms with Crippen molar-refractivity contribution in [2.75, 3.05) is 17.7 Å². The van der Waals surface area contributed by atoms with Crippen LogP contribution in [-0.2, 0) is 4.79 Å². The van der Waals surface area contributed by atoms with E-state index in [0.29, 0.717) is 35.3 Å². The number of hydrogen-bond acceptors (Lipinski definition) is 4. The Kier molecular flexibility index (Phi) is 7.95. The van der Waals surface area contributed by atoms with Crippen molar-refractivity contribution in [1.82, 2.24) is 10.6 Å². The lowest BCUT2D eigenvalue weighted by Crippen LogP contribution is -2.36. The minimum absolute atomic E-state index is 0.166. The fraction of sp³-hybridized carbons (Fsp3) is 0.267. The Morgan fingerprint density at radius 2 is 2.09 bits per heavy atom. The Morgan fingerprint density at radius 1 is 1.35 bits per heavy atom. The first kappa shape index (κ1) is 18.8. The highest BCUT2D eigenvalue weighted by atomic mass is 35.5. The van der Waals surface area contributed by atoms with Gasteiger partial charge in [-0.3, -0.25) is 10.1 Å². The molecule has 0 aliphatic carbocycles. The number of urea groups is 1. The van der Waals surface area contributed by atoms with Crippen LogP contribution < -0.4 is 16.0 Å². The maximum Gasteiger partial charge on any atom is 0.326 e. The second-order valence-corrected chi connectivity index (χ2v) is 5.31. The zero-order chi connectivity index (χ0) is 17.2. The fourth-order valence-electron chi connectivity index (χ4n) is 1.63. The molecular weight excluding hydrogens is 339 g/mol. The largest absolute Gasteiger partial charge is 0.387 e. The maximum absolute atomic E-state index is 12.0. The van der Waals surface area contributed by atoms with Crippen LogP contribution in [0.2, 0.25) is 5.02 Å². The number of hydrogen-bond donors (Lipinski definition) is 3. The van der Waals surface area contributed by atoms with Crippen molar-refractivity contribution in [2.45, 2.75) is 13.3 Å². The van der Waals surface area contributed by atoms with E-state index in [1.54, 1.807) is 31.2 Å².